The Morgan fingerprint density at radius 3 is 2.31 bits per heavy atom. The monoisotopic (exact) mass is 535 g/mol. The van der Waals surface area contributed by atoms with E-state index < -0.39 is 27.3 Å². The number of carbonyl (C=O) groups is 1. The Labute approximate surface area is 217 Å². The average Bonchev–Trinajstić information content (AvgIpc) is 2.75. The van der Waals surface area contributed by atoms with E-state index in [0.717, 1.165) is 27.2 Å². The van der Waals surface area contributed by atoms with Gasteiger partial charge in [-0.25, -0.2) is 4.79 Å². The molecule has 3 rings (SSSR count). The molecule has 0 spiro atoms. The summed E-state index contributed by atoms with van der Waals surface area (Å²) in [5.74, 6) is -0.304. The second-order valence-corrected chi connectivity index (χ2v) is 13.1. The Morgan fingerprint density at radius 2 is 1.75 bits per heavy atom. The molecule has 196 valence electrons. The third-order valence-electron chi connectivity index (χ3n) is 5.83. The van der Waals surface area contributed by atoms with Crippen molar-refractivity contribution in [3.05, 3.63) is 64.3 Å². The van der Waals surface area contributed by atoms with Crippen LogP contribution in [0.15, 0.2) is 58.0 Å². The van der Waals surface area contributed by atoms with E-state index in [1.54, 1.807) is 31.2 Å². The lowest BCUT2D eigenvalue weighted by molar-refractivity contribution is -0.156. The number of cyclic esters (lactones) is 1. The molecule has 1 aliphatic rings. The molecule has 2 N–H and O–H groups in total. The number of nitrogens with zero attached hydrogens (tertiary/aromatic N) is 1. The fourth-order valence-corrected chi connectivity index (χ4v) is 5.35. The van der Waals surface area contributed by atoms with Crippen molar-refractivity contribution >= 4 is 28.0 Å². The number of esters is 1. The van der Waals surface area contributed by atoms with Crippen LogP contribution in [0.2, 0.25) is 0 Å². The molecular weight excluding hydrogens is 502 g/mol. The largest absolute Gasteiger partial charge is 0.511 e. The summed E-state index contributed by atoms with van der Waals surface area (Å²) in [5, 5.41) is 20.3. The van der Waals surface area contributed by atoms with Gasteiger partial charge in [-0.3, -0.25) is 0 Å². The predicted molar refractivity (Wildman–Crippen MR) is 139 cm³/mol. The maximum Gasteiger partial charge on any atom is 0.384 e. The molecule has 10 heteroatoms. The van der Waals surface area contributed by atoms with Gasteiger partial charge in [0.1, 0.15) is 27.8 Å². The molecule has 1 aliphatic heterocycles. The molecule has 2 aromatic rings. The highest BCUT2D eigenvalue weighted by Crippen LogP contribution is 2.43. The number of hydrogen-bond acceptors (Lipinski definition) is 8. The maximum absolute atomic E-state index is 13.0. The minimum absolute atomic E-state index is 0.0418. The van der Waals surface area contributed by atoms with Gasteiger partial charge in [0.25, 0.3) is 0 Å². The van der Waals surface area contributed by atoms with Gasteiger partial charge in [0.2, 0.25) is 0 Å². The molecule has 0 aromatic heterocycles. The van der Waals surface area contributed by atoms with E-state index >= 15 is 0 Å². The van der Waals surface area contributed by atoms with Gasteiger partial charge in [-0.05, 0) is 66.6 Å². The summed E-state index contributed by atoms with van der Waals surface area (Å²) in [4.78, 5) is 13.8. The Kier molecular flexibility index (Phi) is 8.02. The van der Waals surface area contributed by atoms with Gasteiger partial charge in [0.05, 0.1) is 0 Å². The number of thioether (sulfide) groups is 1. The van der Waals surface area contributed by atoms with Crippen LogP contribution >= 0.6 is 11.8 Å². The van der Waals surface area contributed by atoms with Crippen molar-refractivity contribution in [2.45, 2.75) is 62.9 Å². The number of carbonyl (C=O) groups excluding carboxylic acids is 1. The van der Waals surface area contributed by atoms with Crippen molar-refractivity contribution in [2.24, 2.45) is 0 Å². The number of hydrogen-bond donors (Lipinski definition) is 2. The van der Waals surface area contributed by atoms with E-state index in [0.29, 0.717) is 17.7 Å². The van der Waals surface area contributed by atoms with Crippen LogP contribution in [-0.4, -0.2) is 48.6 Å². The lowest BCUT2D eigenvalue weighted by atomic mass is 9.87. The molecule has 0 saturated carbocycles. The van der Waals surface area contributed by atoms with Crippen molar-refractivity contribution in [1.82, 2.24) is 4.31 Å². The predicted octanol–water partition coefficient (Wildman–Crippen LogP) is 5.08. The minimum atomic E-state index is -3.92. The van der Waals surface area contributed by atoms with Crippen LogP contribution in [0.4, 0.5) is 0 Å². The van der Waals surface area contributed by atoms with Gasteiger partial charge < -0.3 is 19.1 Å². The Balaban J connectivity index is 1.83. The first-order chi connectivity index (χ1) is 16.6. The Morgan fingerprint density at radius 1 is 1.11 bits per heavy atom. The van der Waals surface area contributed by atoms with E-state index in [1.807, 2.05) is 32.9 Å². The summed E-state index contributed by atoms with van der Waals surface area (Å²) >= 11 is 1.10. The van der Waals surface area contributed by atoms with Gasteiger partial charge in [-0.1, -0.05) is 44.7 Å². The fourth-order valence-electron chi connectivity index (χ4n) is 3.71. The molecule has 2 aromatic carbocycles. The average molecular weight is 536 g/mol. The number of aliphatic hydroxyl groups is 1. The second kappa shape index (κ2) is 10.4. The summed E-state index contributed by atoms with van der Waals surface area (Å²) in [5.41, 5.74) is 0.473. The van der Waals surface area contributed by atoms with Gasteiger partial charge in [-0.2, -0.15) is 12.7 Å². The third-order valence-corrected chi connectivity index (χ3v) is 8.31. The topological polar surface area (TPSA) is 113 Å². The zero-order chi connectivity index (χ0) is 26.9. The van der Waals surface area contributed by atoms with Crippen LogP contribution in [0.1, 0.15) is 51.7 Å². The first-order valence-electron chi connectivity index (χ1n) is 11.5. The van der Waals surface area contributed by atoms with E-state index in [2.05, 4.69) is 0 Å². The zero-order valence-electron chi connectivity index (χ0n) is 21.4. The highest BCUT2D eigenvalue weighted by Gasteiger charge is 2.39. The minimum Gasteiger partial charge on any atom is -0.511 e. The van der Waals surface area contributed by atoms with Gasteiger partial charge in [0.15, 0.2) is 0 Å². The van der Waals surface area contributed by atoms with Gasteiger partial charge in [0, 0.05) is 25.4 Å². The molecule has 1 atom stereocenters. The summed E-state index contributed by atoms with van der Waals surface area (Å²) in [6.07, 6.45) is 1.29. The third kappa shape index (κ3) is 6.74. The number of benzene rings is 2. The highest BCUT2D eigenvalue weighted by molar-refractivity contribution is 8.04. The SMILES string of the molecule is CN(C)S(=O)(=O)Oc1ccc(SC2=C(O)CC(C)(CCc3ccc(O)cc3)OC2=O)c(C(C)(C)C)c1. The number of ether oxygens (including phenoxy) is 1. The van der Waals surface area contributed by atoms with Crippen molar-refractivity contribution < 1.29 is 32.3 Å². The standard InChI is InChI=1S/C26H33NO7S2/c1-25(2,3)20-15-19(34-36(31,32)27(5)6)11-12-22(20)35-23-21(29)16-26(4,33-24(23)30)14-13-17-7-9-18(28)10-8-17/h7-12,15,28-29H,13-14,16H2,1-6H3. The van der Waals surface area contributed by atoms with Crippen molar-refractivity contribution in [1.29, 1.82) is 0 Å². The Hall–Kier alpha value is -2.69. The molecule has 0 saturated heterocycles. The smallest absolute Gasteiger partial charge is 0.384 e. The van der Waals surface area contributed by atoms with E-state index in [-0.39, 0.29) is 28.6 Å². The second-order valence-electron chi connectivity index (χ2n) is 10.3. The number of aryl methyl sites for hydroxylation is 1. The van der Waals surface area contributed by atoms with Crippen LogP contribution in [0.25, 0.3) is 0 Å². The molecule has 0 aliphatic carbocycles. The maximum atomic E-state index is 13.0. The molecule has 36 heavy (non-hydrogen) atoms. The number of phenols is 1. The summed E-state index contributed by atoms with van der Waals surface area (Å²) < 4.78 is 36.3. The van der Waals surface area contributed by atoms with Crippen LogP contribution < -0.4 is 4.18 Å². The molecule has 8 nitrogen and oxygen atoms in total. The van der Waals surface area contributed by atoms with Crippen LogP contribution in [0.5, 0.6) is 11.5 Å². The number of aliphatic hydroxyl groups excluding tert-OH is 1. The molecule has 0 radical (unpaired) electrons. The molecule has 0 bridgehead atoms. The molecule has 0 amide bonds. The molecule has 1 unspecified atom stereocenters. The van der Waals surface area contributed by atoms with Gasteiger partial charge in [-0.15, -0.1) is 0 Å². The van der Waals surface area contributed by atoms with Crippen molar-refractivity contribution in [3.63, 3.8) is 0 Å². The molecule has 1 heterocycles. The fraction of sp³-hybridized carbons (Fsp3) is 0.423. The Bertz CT molecular complexity index is 1260. The highest BCUT2D eigenvalue weighted by atomic mass is 32.2. The lowest BCUT2D eigenvalue weighted by Gasteiger charge is -2.34. The first-order valence-corrected chi connectivity index (χ1v) is 13.7. The number of rotatable bonds is 8. The number of phenolic OH excluding ortho intramolecular Hbond substituents is 1. The quantitative estimate of drug-likeness (QED) is 0.450. The summed E-state index contributed by atoms with van der Waals surface area (Å²) in [7, 11) is -1.16. The zero-order valence-corrected chi connectivity index (χ0v) is 23.0. The molecule has 0 fully saturated rings. The van der Waals surface area contributed by atoms with E-state index in [4.69, 9.17) is 8.92 Å². The summed E-state index contributed by atoms with van der Waals surface area (Å²) in [6, 6.07) is 11.7. The van der Waals surface area contributed by atoms with Crippen LogP contribution in [0.3, 0.4) is 0 Å². The van der Waals surface area contributed by atoms with Crippen LogP contribution in [0, 0.1) is 0 Å². The van der Waals surface area contributed by atoms with E-state index in [9.17, 15) is 23.4 Å². The summed E-state index contributed by atoms with van der Waals surface area (Å²) in [6.45, 7) is 7.68. The lowest BCUT2D eigenvalue weighted by Crippen LogP contribution is -2.37. The van der Waals surface area contributed by atoms with E-state index in [1.165, 1.54) is 20.2 Å². The van der Waals surface area contributed by atoms with Gasteiger partial charge >= 0.3 is 16.3 Å². The molecular formula is C26H33NO7S2. The van der Waals surface area contributed by atoms with Crippen molar-refractivity contribution in [2.75, 3.05) is 14.1 Å². The normalized spacial score (nSPS) is 18.9. The first kappa shape index (κ1) is 27.9. The van der Waals surface area contributed by atoms with Crippen LogP contribution in [-0.2, 0) is 31.7 Å². The number of aromatic hydroxyl groups is 1. The van der Waals surface area contributed by atoms with Crippen molar-refractivity contribution in [3.8, 4) is 11.5 Å².